The lowest BCUT2D eigenvalue weighted by molar-refractivity contribution is -0.139. The SMILES string of the molecule is O=CNC(CSCC(=O)Nc1ccccc1Cl)C(=O)O. The van der Waals surface area contributed by atoms with E-state index in [1.165, 1.54) is 0 Å². The van der Waals surface area contributed by atoms with E-state index >= 15 is 0 Å². The molecule has 0 radical (unpaired) electrons. The van der Waals surface area contributed by atoms with Gasteiger partial charge in [0.05, 0.1) is 16.5 Å². The summed E-state index contributed by atoms with van der Waals surface area (Å²) >= 11 is 6.99. The number of carboxylic acid groups (broad SMARTS) is 1. The number of amides is 2. The van der Waals surface area contributed by atoms with Crippen LogP contribution in [0, 0.1) is 0 Å². The highest BCUT2D eigenvalue weighted by atomic mass is 35.5. The molecule has 1 atom stereocenters. The van der Waals surface area contributed by atoms with Crippen LogP contribution in [0.3, 0.4) is 0 Å². The van der Waals surface area contributed by atoms with Crippen LogP contribution in [0.1, 0.15) is 0 Å². The number of aliphatic carboxylic acids is 1. The number of nitrogens with one attached hydrogen (secondary N) is 2. The Morgan fingerprint density at radius 1 is 1.40 bits per heavy atom. The molecule has 0 aliphatic rings. The molecule has 0 heterocycles. The first-order valence-corrected chi connectivity index (χ1v) is 7.12. The number of rotatable bonds is 8. The van der Waals surface area contributed by atoms with Gasteiger partial charge in [0.1, 0.15) is 6.04 Å². The smallest absolute Gasteiger partial charge is 0.327 e. The van der Waals surface area contributed by atoms with E-state index in [0.29, 0.717) is 17.1 Å². The van der Waals surface area contributed by atoms with Gasteiger partial charge in [-0.1, -0.05) is 23.7 Å². The van der Waals surface area contributed by atoms with Gasteiger partial charge in [-0.15, -0.1) is 11.8 Å². The zero-order valence-corrected chi connectivity index (χ0v) is 11.9. The van der Waals surface area contributed by atoms with Crippen LogP contribution in [0.15, 0.2) is 24.3 Å². The Morgan fingerprint density at radius 3 is 2.70 bits per heavy atom. The highest BCUT2D eigenvalue weighted by Crippen LogP contribution is 2.20. The molecule has 0 saturated carbocycles. The van der Waals surface area contributed by atoms with Gasteiger partial charge in [-0.2, -0.15) is 0 Å². The summed E-state index contributed by atoms with van der Waals surface area (Å²) in [5.74, 6) is -1.27. The third-order valence-electron chi connectivity index (χ3n) is 2.23. The highest BCUT2D eigenvalue weighted by Gasteiger charge is 2.16. The van der Waals surface area contributed by atoms with Gasteiger partial charge >= 0.3 is 5.97 Å². The molecule has 0 aromatic heterocycles. The minimum atomic E-state index is -1.14. The lowest BCUT2D eigenvalue weighted by atomic mass is 10.3. The predicted octanol–water partition coefficient (Wildman–Crippen LogP) is 1.21. The quantitative estimate of drug-likeness (QED) is 0.627. The maximum absolute atomic E-state index is 11.6. The summed E-state index contributed by atoms with van der Waals surface area (Å²) in [6.07, 6.45) is 0.323. The van der Waals surface area contributed by atoms with Gasteiger partial charge in [0.15, 0.2) is 0 Å². The van der Waals surface area contributed by atoms with Gasteiger partial charge in [0.2, 0.25) is 12.3 Å². The summed E-state index contributed by atoms with van der Waals surface area (Å²) < 4.78 is 0. The average Bonchev–Trinajstić information content (AvgIpc) is 2.40. The fraction of sp³-hybridized carbons (Fsp3) is 0.250. The minimum absolute atomic E-state index is 0.0650. The van der Waals surface area contributed by atoms with E-state index in [2.05, 4.69) is 10.6 Å². The van der Waals surface area contributed by atoms with Crippen molar-refractivity contribution in [3.63, 3.8) is 0 Å². The number of carbonyl (C=O) groups is 3. The zero-order valence-electron chi connectivity index (χ0n) is 10.3. The molecule has 1 aromatic rings. The monoisotopic (exact) mass is 316 g/mol. The Hall–Kier alpha value is -1.73. The number of para-hydroxylation sites is 1. The molecule has 0 aliphatic heterocycles. The summed E-state index contributed by atoms with van der Waals surface area (Å²) in [6, 6.07) is 5.79. The molecule has 108 valence electrons. The second kappa shape index (κ2) is 8.44. The van der Waals surface area contributed by atoms with Gasteiger partial charge in [0, 0.05) is 5.75 Å². The van der Waals surface area contributed by atoms with E-state index in [-0.39, 0.29) is 17.4 Å². The number of anilines is 1. The van der Waals surface area contributed by atoms with Gasteiger partial charge in [-0.3, -0.25) is 9.59 Å². The number of hydrogen-bond donors (Lipinski definition) is 3. The summed E-state index contributed by atoms with van der Waals surface area (Å²) in [5.41, 5.74) is 0.501. The van der Waals surface area contributed by atoms with Crippen LogP contribution in [0.2, 0.25) is 5.02 Å². The van der Waals surface area contributed by atoms with Gasteiger partial charge < -0.3 is 15.7 Å². The Balaban J connectivity index is 2.38. The van der Waals surface area contributed by atoms with Crippen LogP contribution in [-0.2, 0) is 14.4 Å². The van der Waals surface area contributed by atoms with E-state index in [1.807, 2.05) is 0 Å². The predicted molar refractivity (Wildman–Crippen MR) is 78.0 cm³/mol. The van der Waals surface area contributed by atoms with E-state index in [1.54, 1.807) is 24.3 Å². The van der Waals surface area contributed by atoms with Crippen LogP contribution < -0.4 is 10.6 Å². The number of benzene rings is 1. The molecule has 1 rings (SSSR count). The van der Waals surface area contributed by atoms with Gasteiger partial charge in [-0.05, 0) is 12.1 Å². The van der Waals surface area contributed by atoms with E-state index in [0.717, 1.165) is 11.8 Å². The molecule has 3 N–H and O–H groups in total. The first-order chi connectivity index (χ1) is 9.54. The van der Waals surface area contributed by atoms with Crippen molar-refractivity contribution >= 4 is 47.3 Å². The molecule has 0 spiro atoms. The van der Waals surface area contributed by atoms with Crippen LogP contribution in [-0.4, -0.2) is 40.9 Å². The maximum atomic E-state index is 11.6. The van der Waals surface area contributed by atoms with Crippen LogP contribution in [0.5, 0.6) is 0 Å². The second-order valence-corrected chi connectivity index (χ2v) is 5.16. The highest BCUT2D eigenvalue weighted by molar-refractivity contribution is 8.00. The van der Waals surface area contributed by atoms with E-state index in [9.17, 15) is 14.4 Å². The molecular formula is C12H13ClN2O4S. The molecule has 8 heteroatoms. The minimum Gasteiger partial charge on any atom is -0.480 e. The van der Waals surface area contributed by atoms with Crippen molar-refractivity contribution in [1.82, 2.24) is 5.32 Å². The molecule has 20 heavy (non-hydrogen) atoms. The first-order valence-electron chi connectivity index (χ1n) is 5.59. The summed E-state index contributed by atoms with van der Waals surface area (Å²) in [6.45, 7) is 0. The summed E-state index contributed by atoms with van der Waals surface area (Å²) in [4.78, 5) is 32.6. The number of carboxylic acids is 1. The molecule has 0 fully saturated rings. The molecule has 0 aliphatic carbocycles. The standard InChI is InChI=1S/C12H13ClN2O4S/c13-8-3-1-2-4-9(8)15-11(17)6-20-5-10(12(18)19)14-7-16/h1-4,7,10H,5-6H2,(H,14,16)(H,15,17)(H,18,19). The largest absolute Gasteiger partial charge is 0.480 e. The number of carbonyl (C=O) groups excluding carboxylic acids is 2. The van der Waals surface area contributed by atoms with Crippen molar-refractivity contribution in [3.05, 3.63) is 29.3 Å². The topological polar surface area (TPSA) is 95.5 Å². The Labute approximate surface area is 124 Å². The Kier molecular flexibility index (Phi) is 6.89. The average molecular weight is 317 g/mol. The van der Waals surface area contributed by atoms with Crippen molar-refractivity contribution in [2.75, 3.05) is 16.8 Å². The third-order valence-corrected chi connectivity index (χ3v) is 3.60. The molecule has 0 bridgehead atoms. The van der Waals surface area contributed by atoms with Crippen molar-refractivity contribution in [2.24, 2.45) is 0 Å². The normalized spacial score (nSPS) is 11.4. The molecule has 1 aromatic carbocycles. The number of halogens is 1. The van der Waals surface area contributed by atoms with Crippen LogP contribution in [0.25, 0.3) is 0 Å². The van der Waals surface area contributed by atoms with Crippen molar-refractivity contribution < 1.29 is 19.5 Å². The van der Waals surface area contributed by atoms with Gasteiger partial charge in [-0.25, -0.2) is 4.79 Å². The van der Waals surface area contributed by atoms with Crippen molar-refractivity contribution in [2.45, 2.75) is 6.04 Å². The number of hydrogen-bond acceptors (Lipinski definition) is 4. The van der Waals surface area contributed by atoms with Crippen LogP contribution in [0.4, 0.5) is 5.69 Å². The summed E-state index contributed by atoms with van der Waals surface area (Å²) in [7, 11) is 0. The van der Waals surface area contributed by atoms with E-state index in [4.69, 9.17) is 16.7 Å². The molecule has 1 unspecified atom stereocenters. The fourth-order valence-electron chi connectivity index (χ4n) is 1.29. The third kappa shape index (κ3) is 5.50. The molecule has 6 nitrogen and oxygen atoms in total. The first kappa shape index (κ1) is 16.3. The van der Waals surface area contributed by atoms with Gasteiger partial charge in [0.25, 0.3) is 0 Å². The lowest BCUT2D eigenvalue weighted by Crippen LogP contribution is -2.38. The fourth-order valence-corrected chi connectivity index (χ4v) is 2.32. The second-order valence-electron chi connectivity index (χ2n) is 3.72. The van der Waals surface area contributed by atoms with Crippen molar-refractivity contribution in [1.29, 1.82) is 0 Å². The zero-order chi connectivity index (χ0) is 15.0. The Morgan fingerprint density at radius 2 is 2.10 bits per heavy atom. The molecular weight excluding hydrogens is 304 g/mol. The number of thioether (sulfide) groups is 1. The van der Waals surface area contributed by atoms with Crippen molar-refractivity contribution in [3.8, 4) is 0 Å². The van der Waals surface area contributed by atoms with E-state index < -0.39 is 12.0 Å². The Bertz CT molecular complexity index is 498. The molecule has 0 saturated heterocycles. The summed E-state index contributed by atoms with van der Waals surface area (Å²) in [5, 5.41) is 14.0. The molecule has 2 amide bonds. The maximum Gasteiger partial charge on any atom is 0.327 e. The lowest BCUT2D eigenvalue weighted by Gasteiger charge is -2.11. The van der Waals surface area contributed by atoms with Crippen LogP contribution >= 0.6 is 23.4 Å².